The maximum Gasteiger partial charge on any atom is 0.266 e. The minimum Gasteiger partial charge on any atom is -0.497 e. The van der Waals surface area contributed by atoms with Crippen LogP contribution in [0.15, 0.2) is 54.2 Å². The molecule has 1 heterocycles. The van der Waals surface area contributed by atoms with Crippen LogP contribution in [0.5, 0.6) is 5.75 Å². The molecule has 3 aromatic rings. The average Bonchev–Trinajstić information content (AvgIpc) is 3.21. The summed E-state index contributed by atoms with van der Waals surface area (Å²) in [5.41, 5.74) is 2.38. The van der Waals surface area contributed by atoms with Crippen LogP contribution in [0, 0.1) is 35.4 Å². The number of aromatic nitrogens is 2. The van der Waals surface area contributed by atoms with Crippen LogP contribution in [0.3, 0.4) is 0 Å². The van der Waals surface area contributed by atoms with Crippen molar-refractivity contribution in [2.24, 2.45) is 0 Å². The number of nitriles is 2. The topological polar surface area (TPSA) is 104 Å². The van der Waals surface area contributed by atoms with Gasteiger partial charge in [-0.1, -0.05) is 6.07 Å². The van der Waals surface area contributed by atoms with Gasteiger partial charge in [0.2, 0.25) is 0 Å². The third-order valence-corrected chi connectivity index (χ3v) is 4.70. The standard InChI is InChI=1S/C24H20FN5O2/c1-16-4-7-20(13-22(16)25)28-24(31)18(14-27)12-19-15-30(11-3-10-26)29-23(19)17-5-8-21(32-2)9-6-17/h4-9,12-13,15H,3,11H2,1-2H3,(H,28,31)/b18-12-. The highest BCUT2D eigenvalue weighted by Crippen LogP contribution is 2.26. The molecule has 0 fully saturated rings. The zero-order valence-electron chi connectivity index (χ0n) is 17.6. The summed E-state index contributed by atoms with van der Waals surface area (Å²) in [7, 11) is 1.57. The van der Waals surface area contributed by atoms with Crippen molar-refractivity contribution in [3.63, 3.8) is 0 Å². The van der Waals surface area contributed by atoms with Gasteiger partial charge < -0.3 is 10.1 Å². The molecule has 0 aliphatic rings. The average molecular weight is 429 g/mol. The van der Waals surface area contributed by atoms with Crippen LogP contribution in [-0.4, -0.2) is 22.8 Å². The summed E-state index contributed by atoms with van der Waals surface area (Å²) in [4.78, 5) is 12.6. The lowest BCUT2D eigenvalue weighted by molar-refractivity contribution is -0.112. The first-order chi connectivity index (χ1) is 15.4. The van der Waals surface area contributed by atoms with Crippen LogP contribution in [0.2, 0.25) is 0 Å². The van der Waals surface area contributed by atoms with E-state index in [1.54, 1.807) is 49.2 Å². The first-order valence-electron chi connectivity index (χ1n) is 9.73. The number of amides is 1. The van der Waals surface area contributed by atoms with Crippen molar-refractivity contribution in [1.29, 1.82) is 10.5 Å². The zero-order chi connectivity index (χ0) is 23.1. The minimum atomic E-state index is -0.666. The van der Waals surface area contributed by atoms with E-state index >= 15 is 0 Å². The third-order valence-electron chi connectivity index (χ3n) is 4.70. The largest absolute Gasteiger partial charge is 0.497 e. The highest BCUT2D eigenvalue weighted by atomic mass is 19.1. The number of benzene rings is 2. The van der Waals surface area contributed by atoms with E-state index < -0.39 is 11.7 Å². The molecule has 0 aliphatic carbocycles. The number of aryl methyl sites for hydroxylation is 2. The van der Waals surface area contributed by atoms with Gasteiger partial charge in [0.15, 0.2) is 0 Å². The van der Waals surface area contributed by atoms with Gasteiger partial charge in [-0.05, 0) is 55.0 Å². The number of carbonyl (C=O) groups is 1. The Morgan fingerprint density at radius 3 is 2.62 bits per heavy atom. The summed E-state index contributed by atoms with van der Waals surface area (Å²) >= 11 is 0. The molecule has 3 rings (SSSR count). The molecule has 1 aromatic heterocycles. The van der Waals surface area contributed by atoms with E-state index in [-0.39, 0.29) is 17.7 Å². The Bertz CT molecular complexity index is 1250. The molecule has 0 atom stereocenters. The van der Waals surface area contributed by atoms with E-state index in [0.717, 1.165) is 5.56 Å². The van der Waals surface area contributed by atoms with Crippen LogP contribution in [0.4, 0.5) is 10.1 Å². The Morgan fingerprint density at radius 2 is 2.00 bits per heavy atom. The van der Waals surface area contributed by atoms with Gasteiger partial charge in [-0.15, -0.1) is 0 Å². The van der Waals surface area contributed by atoms with E-state index in [2.05, 4.69) is 16.5 Å². The fraction of sp³-hybridized carbons (Fsp3) is 0.167. The number of hydrogen-bond acceptors (Lipinski definition) is 5. The minimum absolute atomic E-state index is 0.166. The predicted octanol–water partition coefficient (Wildman–Crippen LogP) is 4.47. The van der Waals surface area contributed by atoms with Gasteiger partial charge >= 0.3 is 0 Å². The monoisotopic (exact) mass is 429 g/mol. The summed E-state index contributed by atoms with van der Waals surface area (Å²) in [5, 5.41) is 25.5. The molecule has 0 saturated heterocycles. The van der Waals surface area contributed by atoms with Crippen LogP contribution in [0.25, 0.3) is 17.3 Å². The van der Waals surface area contributed by atoms with Crippen LogP contribution in [0.1, 0.15) is 17.5 Å². The van der Waals surface area contributed by atoms with Gasteiger partial charge in [-0.3, -0.25) is 9.48 Å². The molecule has 32 heavy (non-hydrogen) atoms. The van der Waals surface area contributed by atoms with Crippen molar-refractivity contribution in [3.05, 3.63) is 71.2 Å². The summed E-state index contributed by atoms with van der Waals surface area (Å²) in [6.07, 6.45) is 3.36. The van der Waals surface area contributed by atoms with Gasteiger partial charge in [0.1, 0.15) is 23.2 Å². The Kier molecular flexibility index (Phi) is 6.99. The number of anilines is 1. The Labute approximate surface area is 185 Å². The molecular formula is C24H20FN5O2. The van der Waals surface area contributed by atoms with E-state index in [1.165, 1.54) is 12.1 Å². The maximum absolute atomic E-state index is 13.8. The number of rotatable bonds is 7. The van der Waals surface area contributed by atoms with E-state index in [0.29, 0.717) is 29.1 Å². The predicted molar refractivity (Wildman–Crippen MR) is 118 cm³/mol. The molecule has 0 radical (unpaired) electrons. The van der Waals surface area contributed by atoms with E-state index in [9.17, 15) is 14.4 Å². The smallest absolute Gasteiger partial charge is 0.266 e. The van der Waals surface area contributed by atoms with Gasteiger partial charge in [0.05, 0.1) is 31.8 Å². The van der Waals surface area contributed by atoms with Crippen molar-refractivity contribution in [2.45, 2.75) is 19.9 Å². The summed E-state index contributed by atoms with van der Waals surface area (Å²) in [6.45, 7) is 1.98. The summed E-state index contributed by atoms with van der Waals surface area (Å²) < 4.78 is 20.6. The fourth-order valence-corrected chi connectivity index (χ4v) is 2.97. The van der Waals surface area contributed by atoms with Crippen molar-refractivity contribution in [2.75, 3.05) is 12.4 Å². The lowest BCUT2D eigenvalue weighted by Crippen LogP contribution is -2.13. The number of nitrogens with one attached hydrogen (secondary N) is 1. The molecule has 160 valence electrons. The Morgan fingerprint density at radius 1 is 1.25 bits per heavy atom. The SMILES string of the molecule is COc1ccc(-c2nn(CCC#N)cc2/C=C(/C#N)C(=O)Nc2ccc(C)c(F)c2)cc1. The molecule has 7 nitrogen and oxygen atoms in total. The van der Waals surface area contributed by atoms with Gasteiger partial charge in [-0.2, -0.15) is 15.6 Å². The molecular weight excluding hydrogens is 409 g/mol. The van der Waals surface area contributed by atoms with E-state index in [4.69, 9.17) is 10.00 Å². The lowest BCUT2D eigenvalue weighted by Gasteiger charge is -2.06. The van der Waals surface area contributed by atoms with Crippen molar-refractivity contribution in [3.8, 4) is 29.1 Å². The molecule has 1 N–H and O–H groups in total. The normalized spacial score (nSPS) is 10.8. The van der Waals surface area contributed by atoms with Crippen LogP contribution >= 0.6 is 0 Å². The van der Waals surface area contributed by atoms with Crippen molar-refractivity contribution >= 4 is 17.7 Å². The molecule has 0 saturated carbocycles. The molecule has 2 aromatic carbocycles. The van der Waals surface area contributed by atoms with Gasteiger partial charge in [0.25, 0.3) is 5.91 Å². The summed E-state index contributed by atoms with van der Waals surface area (Å²) in [5.74, 6) is -0.441. The quantitative estimate of drug-likeness (QED) is 0.441. The second-order valence-electron chi connectivity index (χ2n) is 6.92. The third kappa shape index (κ3) is 5.18. The molecule has 0 aliphatic heterocycles. The zero-order valence-corrected chi connectivity index (χ0v) is 17.6. The fourth-order valence-electron chi connectivity index (χ4n) is 2.97. The summed E-state index contributed by atoms with van der Waals surface area (Å²) in [6, 6.07) is 15.4. The molecule has 0 unspecified atom stereocenters. The van der Waals surface area contributed by atoms with Gasteiger partial charge in [0, 0.05) is 23.0 Å². The lowest BCUT2D eigenvalue weighted by atomic mass is 10.1. The number of hydrogen-bond donors (Lipinski definition) is 1. The number of nitrogens with zero attached hydrogens (tertiary/aromatic N) is 4. The molecule has 8 heteroatoms. The van der Waals surface area contributed by atoms with Crippen LogP contribution < -0.4 is 10.1 Å². The maximum atomic E-state index is 13.8. The molecule has 0 spiro atoms. The Balaban J connectivity index is 1.96. The molecule has 0 bridgehead atoms. The van der Waals surface area contributed by atoms with Crippen molar-refractivity contribution < 1.29 is 13.9 Å². The second-order valence-corrected chi connectivity index (χ2v) is 6.92. The first kappa shape index (κ1) is 22.3. The van der Waals surface area contributed by atoms with Crippen molar-refractivity contribution in [1.82, 2.24) is 9.78 Å². The first-order valence-corrected chi connectivity index (χ1v) is 9.73. The number of methoxy groups -OCH3 is 1. The number of carbonyl (C=O) groups excluding carboxylic acids is 1. The number of ether oxygens (including phenoxy) is 1. The van der Waals surface area contributed by atoms with Gasteiger partial charge in [-0.25, -0.2) is 4.39 Å². The Hall–Kier alpha value is -4.43. The second kappa shape index (κ2) is 10.1. The highest BCUT2D eigenvalue weighted by Gasteiger charge is 2.15. The van der Waals surface area contributed by atoms with Crippen LogP contribution in [-0.2, 0) is 11.3 Å². The highest BCUT2D eigenvalue weighted by molar-refractivity contribution is 6.10. The van der Waals surface area contributed by atoms with E-state index in [1.807, 2.05) is 18.2 Å². The molecule has 1 amide bonds. The number of halogens is 1.